The summed E-state index contributed by atoms with van der Waals surface area (Å²) in [6, 6.07) is 1.62. The van der Waals surface area contributed by atoms with Crippen LogP contribution in [0.2, 0.25) is 5.02 Å². The summed E-state index contributed by atoms with van der Waals surface area (Å²) in [5.74, 6) is -0.568. The second-order valence-electron chi connectivity index (χ2n) is 5.08. The Morgan fingerprint density at radius 2 is 2.08 bits per heavy atom. The first-order valence-electron chi connectivity index (χ1n) is 7.05. The minimum absolute atomic E-state index is 0.0768. The van der Waals surface area contributed by atoms with E-state index in [0.29, 0.717) is 16.4 Å². The van der Waals surface area contributed by atoms with Crippen molar-refractivity contribution in [3.63, 3.8) is 0 Å². The third-order valence-electron chi connectivity index (χ3n) is 3.13. The fourth-order valence-corrected chi connectivity index (χ4v) is 2.13. The molecule has 0 bridgehead atoms. The fraction of sp³-hybridized carbons (Fsp3) is 0.308. The molecule has 0 aliphatic heterocycles. The van der Waals surface area contributed by atoms with Crippen LogP contribution in [0.4, 0.5) is 13.2 Å². The van der Waals surface area contributed by atoms with Crippen LogP contribution in [0.15, 0.2) is 24.7 Å². The molecule has 3 aromatic heterocycles. The number of aryl methyl sites for hydroxylation is 1. The number of hydrogen-bond donors (Lipinski definition) is 1. The van der Waals surface area contributed by atoms with E-state index in [2.05, 4.69) is 25.6 Å². The summed E-state index contributed by atoms with van der Waals surface area (Å²) in [5, 5.41) is 14.4. The Kier molecular flexibility index (Phi) is 4.57. The molecule has 0 aliphatic rings. The molecule has 8 nitrogen and oxygen atoms in total. The molecule has 0 aromatic carbocycles. The fourth-order valence-electron chi connectivity index (χ4n) is 1.99. The van der Waals surface area contributed by atoms with Gasteiger partial charge in [0, 0.05) is 6.07 Å². The van der Waals surface area contributed by atoms with E-state index in [1.54, 1.807) is 12.3 Å². The normalized spacial score (nSPS) is 11.8. The Balaban J connectivity index is 1.59. The van der Waals surface area contributed by atoms with Crippen LogP contribution in [-0.4, -0.2) is 41.7 Å². The van der Waals surface area contributed by atoms with Crippen molar-refractivity contribution >= 4 is 23.2 Å². The van der Waals surface area contributed by atoms with Gasteiger partial charge in [0.1, 0.15) is 0 Å². The highest BCUT2D eigenvalue weighted by atomic mass is 35.5. The van der Waals surface area contributed by atoms with Gasteiger partial charge in [-0.25, -0.2) is 9.50 Å². The van der Waals surface area contributed by atoms with Crippen molar-refractivity contribution in [1.82, 2.24) is 34.9 Å². The lowest BCUT2D eigenvalue weighted by molar-refractivity contribution is -0.137. The quantitative estimate of drug-likeness (QED) is 0.737. The smallest absolute Gasteiger partial charge is 0.345 e. The number of aromatic nitrogens is 6. The summed E-state index contributed by atoms with van der Waals surface area (Å²) >= 11 is 5.82. The molecule has 0 radical (unpaired) electrons. The summed E-state index contributed by atoms with van der Waals surface area (Å²) in [7, 11) is 0. The van der Waals surface area contributed by atoms with Gasteiger partial charge in [0.15, 0.2) is 11.3 Å². The Labute approximate surface area is 143 Å². The van der Waals surface area contributed by atoms with Crippen LogP contribution < -0.4 is 5.32 Å². The van der Waals surface area contributed by atoms with Gasteiger partial charge in [-0.3, -0.25) is 4.79 Å². The number of nitrogens with one attached hydrogen (secondary N) is 1. The Morgan fingerprint density at radius 3 is 2.84 bits per heavy atom. The molecule has 12 heteroatoms. The molecule has 0 unspecified atom stereocenters. The lowest BCUT2D eigenvalue weighted by Crippen LogP contribution is -2.23. The zero-order chi connectivity index (χ0) is 18.0. The number of rotatable bonds is 5. The van der Waals surface area contributed by atoms with Crippen LogP contribution >= 0.6 is 11.6 Å². The zero-order valence-corrected chi connectivity index (χ0v) is 13.3. The van der Waals surface area contributed by atoms with Gasteiger partial charge in [-0.2, -0.15) is 28.2 Å². The van der Waals surface area contributed by atoms with Gasteiger partial charge in [-0.15, -0.1) is 5.10 Å². The van der Waals surface area contributed by atoms with Crippen molar-refractivity contribution < 1.29 is 18.0 Å². The molecular formula is C13H11ClF3N7O. The predicted molar refractivity (Wildman–Crippen MR) is 79.9 cm³/mol. The van der Waals surface area contributed by atoms with Gasteiger partial charge in [0.2, 0.25) is 0 Å². The maximum Gasteiger partial charge on any atom is 0.390 e. The summed E-state index contributed by atoms with van der Waals surface area (Å²) in [6.45, 7) is -0.356. The van der Waals surface area contributed by atoms with E-state index in [1.165, 1.54) is 10.7 Å². The second-order valence-corrected chi connectivity index (χ2v) is 5.52. The van der Waals surface area contributed by atoms with Crippen LogP contribution in [0.1, 0.15) is 22.6 Å². The van der Waals surface area contributed by atoms with Crippen LogP contribution in [0.3, 0.4) is 0 Å². The predicted octanol–water partition coefficient (Wildman–Crippen LogP) is 1.86. The van der Waals surface area contributed by atoms with Crippen molar-refractivity contribution in [3.05, 3.63) is 41.1 Å². The molecule has 132 valence electrons. The van der Waals surface area contributed by atoms with Crippen molar-refractivity contribution in [3.8, 4) is 0 Å². The molecule has 0 spiro atoms. The van der Waals surface area contributed by atoms with Gasteiger partial charge in [0.25, 0.3) is 5.91 Å². The number of halogens is 4. The molecule has 0 fully saturated rings. The van der Waals surface area contributed by atoms with E-state index in [4.69, 9.17) is 11.6 Å². The minimum Gasteiger partial charge on any atom is -0.345 e. The summed E-state index contributed by atoms with van der Waals surface area (Å²) < 4.78 is 38.0. The number of carbonyl (C=O) groups is 1. The van der Waals surface area contributed by atoms with E-state index < -0.39 is 25.0 Å². The average Bonchev–Trinajstić information content (AvgIpc) is 3.16. The maximum atomic E-state index is 12.2. The molecule has 0 saturated carbocycles. The summed E-state index contributed by atoms with van der Waals surface area (Å²) in [6.07, 6.45) is -1.20. The summed E-state index contributed by atoms with van der Waals surface area (Å²) in [4.78, 5) is 17.0. The summed E-state index contributed by atoms with van der Waals surface area (Å²) in [5.41, 5.74) is 0.981. The highest BCUT2D eigenvalue weighted by Gasteiger charge is 2.27. The maximum absolute atomic E-state index is 12.2. The largest absolute Gasteiger partial charge is 0.390 e. The Morgan fingerprint density at radius 1 is 1.28 bits per heavy atom. The lowest BCUT2D eigenvalue weighted by atomic mass is 10.4. The Bertz CT molecular complexity index is 905. The topological polar surface area (TPSA) is 90.0 Å². The van der Waals surface area contributed by atoms with E-state index in [-0.39, 0.29) is 12.2 Å². The third kappa shape index (κ3) is 4.44. The number of alkyl halides is 3. The standard InChI is InChI=1S/C13H11ClF3N7O/c14-8-3-11-21-9(7-23(11)19-4-8)5-18-12(25)10-6-20-24(22-10)2-1-13(15,16)17/h3-4,6-7H,1-2,5H2,(H,18,25). The van der Waals surface area contributed by atoms with E-state index in [9.17, 15) is 18.0 Å². The second kappa shape index (κ2) is 6.67. The number of amides is 1. The number of hydrogen-bond acceptors (Lipinski definition) is 5. The van der Waals surface area contributed by atoms with Crippen molar-refractivity contribution in [2.45, 2.75) is 25.7 Å². The molecule has 3 aromatic rings. The monoisotopic (exact) mass is 373 g/mol. The van der Waals surface area contributed by atoms with Crippen LogP contribution in [0, 0.1) is 0 Å². The average molecular weight is 374 g/mol. The highest BCUT2D eigenvalue weighted by Crippen LogP contribution is 2.19. The molecule has 1 N–H and O–H groups in total. The van der Waals surface area contributed by atoms with E-state index in [1.807, 2.05) is 0 Å². The number of imidazole rings is 1. The highest BCUT2D eigenvalue weighted by molar-refractivity contribution is 6.30. The SMILES string of the molecule is O=C(NCc1cn2ncc(Cl)cc2n1)c1cnn(CCC(F)(F)F)n1. The Hall–Kier alpha value is -2.69. The third-order valence-corrected chi connectivity index (χ3v) is 3.34. The number of nitrogens with zero attached hydrogens (tertiary/aromatic N) is 6. The van der Waals surface area contributed by atoms with Gasteiger partial charge >= 0.3 is 6.18 Å². The van der Waals surface area contributed by atoms with E-state index >= 15 is 0 Å². The number of fused-ring (bicyclic) bond motifs is 1. The van der Waals surface area contributed by atoms with Crippen molar-refractivity contribution in [1.29, 1.82) is 0 Å². The minimum atomic E-state index is -4.31. The molecule has 0 aliphatic carbocycles. The molecule has 0 atom stereocenters. The van der Waals surface area contributed by atoms with Gasteiger partial charge in [-0.05, 0) is 0 Å². The molecule has 25 heavy (non-hydrogen) atoms. The van der Waals surface area contributed by atoms with E-state index in [0.717, 1.165) is 11.0 Å². The van der Waals surface area contributed by atoms with Crippen LogP contribution in [-0.2, 0) is 13.1 Å². The zero-order valence-electron chi connectivity index (χ0n) is 12.5. The molecule has 3 heterocycles. The lowest BCUT2D eigenvalue weighted by Gasteiger charge is -2.04. The van der Waals surface area contributed by atoms with Gasteiger partial charge < -0.3 is 5.32 Å². The van der Waals surface area contributed by atoms with Crippen molar-refractivity contribution in [2.24, 2.45) is 0 Å². The van der Waals surface area contributed by atoms with Gasteiger partial charge in [-0.1, -0.05) is 11.6 Å². The molecule has 3 rings (SSSR count). The molecular weight excluding hydrogens is 363 g/mol. The van der Waals surface area contributed by atoms with Gasteiger partial charge in [0.05, 0.1) is 48.8 Å². The van der Waals surface area contributed by atoms with Crippen LogP contribution in [0.5, 0.6) is 0 Å². The number of carbonyl (C=O) groups excluding carboxylic acids is 1. The molecule has 1 amide bonds. The first kappa shape index (κ1) is 17.1. The first-order valence-corrected chi connectivity index (χ1v) is 7.43. The molecule has 0 saturated heterocycles. The van der Waals surface area contributed by atoms with Crippen molar-refractivity contribution in [2.75, 3.05) is 0 Å². The first-order chi connectivity index (χ1) is 11.8. The van der Waals surface area contributed by atoms with Crippen LogP contribution in [0.25, 0.3) is 5.65 Å².